The molecule has 1 saturated carbocycles. The van der Waals surface area contributed by atoms with Crippen molar-refractivity contribution in [3.05, 3.63) is 71.3 Å². The molecule has 1 aliphatic carbocycles. The molecule has 0 aromatic heterocycles. The molecule has 22 heavy (non-hydrogen) atoms. The van der Waals surface area contributed by atoms with Crippen LogP contribution in [0.4, 0.5) is 4.79 Å². The lowest BCUT2D eigenvalue weighted by molar-refractivity contribution is 0.188. The fraction of sp³-hybridized carbons (Fsp3) is 0.316. The van der Waals surface area contributed by atoms with Gasteiger partial charge in [0.05, 0.1) is 0 Å². The monoisotopic (exact) mass is 292 g/mol. The Hall–Kier alpha value is -2.29. The molecule has 1 aliphatic heterocycles. The lowest BCUT2D eigenvalue weighted by Gasteiger charge is -2.35. The van der Waals surface area contributed by atoms with E-state index in [-0.39, 0.29) is 11.9 Å². The smallest absolute Gasteiger partial charge is 0.317 e. The van der Waals surface area contributed by atoms with Crippen LogP contribution < -0.4 is 5.32 Å². The van der Waals surface area contributed by atoms with Crippen LogP contribution in [-0.4, -0.2) is 23.5 Å². The van der Waals surface area contributed by atoms with E-state index in [0.717, 1.165) is 19.4 Å². The van der Waals surface area contributed by atoms with Crippen molar-refractivity contribution >= 4 is 6.03 Å². The van der Waals surface area contributed by atoms with Crippen LogP contribution in [0.25, 0.3) is 0 Å². The summed E-state index contributed by atoms with van der Waals surface area (Å²) < 4.78 is 0. The van der Waals surface area contributed by atoms with Crippen molar-refractivity contribution in [1.82, 2.24) is 10.2 Å². The van der Waals surface area contributed by atoms with Crippen molar-refractivity contribution in [1.29, 1.82) is 0 Å². The molecule has 0 unspecified atom stereocenters. The van der Waals surface area contributed by atoms with Crippen LogP contribution >= 0.6 is 0 Å². The quantitative estimate of drug-likeness (QED) is 0.902. The maximum absolute atomic E-state index is 12.5. The van der Waals surface area contributed by atoms with E-state index in [2.05, 4.69) is 53.8 Å². The van der Waals surface area contributed by atoms with Gasteiger partial charge in [0.2, 0.25) is 0 Å². The minimum atomic E-state index is 0.0814. The highest BCUT2D eigenvalue weighted by Crippen LogP contribution is 2.33. The third-order valence-electron chi connectivity index (χ3n) is 4.59. The van der Waals surface area contributed by atoms with Crippen LogP contribution in [0.15, 0.2) is 54.6 Å². The summed E-state index contributed by atoms with van der Waals surface area (Å²) >= 11 is 0. The molecule has 2 aromatic rings. The molecule has 1 fully saturated rings. The standard InChI is InChI=1S/C19H20N2O/c22-19(20-16-10-11-16)21-12-15-8-4-5-9-17(15)18(13-21)14-6-2-1-3-7-14/h1-9,16,18H,10-13H2,(H,20,22)/t18-/m0/s1. The van der Waals surface area contributed by atoms with Crippen molar-refractivity contribution < 1.29 is 4.79 Å². The summed E-state index contributed by atoms with van der Waals surface area (Å²) in [6, 6.07) is 19.5. The molecule has 0 radical (unpaired) electrons. The SMILES string of the molecule is O=C(NC1CC1)N1Cc2ccccc2[C@H](c2ccccc2)C1. The summed E-state index contributed by atoms with van der Waals surface area (Å²) in [7, 11) is 0. The maximum atomic E-state index is 12.5. The van der Waals surface area contributed by atoms with Crippen LogP contribution in [0.3, 0.4) is 0 Å². The summed E-state index contributed by atoms with van der Waals surface area (Å²) in [5, 5.41) is 3.11. The third kappa shape index (κ3) is 2.59. The Morgan fingerprint density at radius 2 is 1.73 bits per heavy atom. The number of nitrogens with one attached hydrogen (secondary N) is 1. The Morgan fingerprint density at radius 1 is 1.00 bits per heavy atom. The van der Waals surface area contributed by atoms with Gasteiger partial charge < -0.3 is 10.2 Å². The number of hydrogen-bond acceptors (Lipinski definition) is 1. The van der Waals surface area contributed by atoms with Crippen molar-refractivity contribution in [2.75, 3.05) is 6.54 Å². The predicted octanol–water partition coefficient (Wildman–Crippen LogP) is 3.51. The van der Waals surface area contributed by atoms with E-state index in [1.54, 1.807) is 0 Å². The zero-order valence-electron chi connectivity index (χ0n) is 12.5. The van der Waals surface area contributed by atoms with E-state index in [0.29, 0.717) is 12.6 Å². The molecule has 0 saturated heterocycles. The number of urea groups is 1. The number of benzene rings is 2. The molecule has 2 aromatic carbocycles. The molecule has 3 nitrogen and oxygen atoms in total. The third-order valence-corrected chi connectivity index (χ3v) is 4.59. The van der Waals surface area contributed by atoms with E-state index < -0.39 is 0 Å². The Morgan fingerprint density at radius 3 is 2.50 bits per heavy atom. The van der Waals surface area contributed by atoms with Crippen LogP contribution in [-0.2, 0) is 6.54 Å². The van der Waals surface area contributed by atoms with Crippen molar-refractivity contribution in [2.24, 2.45) is 0 Å². The van der Waals surface area contributed by atoms with Gasteiger partial charge >= 0.3 is 6.03 Å². The van der Waals surface area contributed by atoms with E-state index in [1.165, 1.54) is 16.7 Å². The Kier molecular flexibility index (Phi) is 3.34. The average molecular weight is 292 g/mol. The van der Waals surface area contributed by atoms with Gasteiger partial charge in [-0.1, -0.05) is 54.6 Å². The number of nitrogens with zero attached hydrogens (tertiary/aromatic N) is 1. The number of amides is 2. The molecule has 0 bridgehead atoms. The first-order chi connectivity index (χ1) is 10.8. The second-order valence-electron chi connectivity index (χ2n) is 6.27. The molecule has 2 amide bonds. The summed E-state index contributed by atoms with van der Waals surface area (Å²) in [6.07, 6.45) is 2.25. The molecule has 1 heterocycles. The summed E-state index contributed by atoms with van der Waals surface area (Å²) in [4.78, 5) is 14.4. The number of carbonyl (C=O) groups is 1. The van der Waals surface area contributed by atoms with E-state index in [1.807, 2.05) is 11.0 Å². The van der Waals surface area contributed by atoms with Crippen molar-refractivity contribution in [3.8, 4) is 0 Å². The fourth-order valence-corrected chi connectivity index (χ4v) is 3.23. The zero-order valence-corrected chi connectivity index (χ0v) is 12.5. The first kappa shape index (κ1) is 13.4. The summed E-state index contributed by atoms with van der Waals surface area (Å²) in [6.45, 7) is 1.46. The molecule has 1 N–H and O–H groups in total. The minimum Gasteiger partial charge on any atom is -0.335 e. The lowest BCUT2D eigenvalue weighted by atomic mass is 9.85. The number of hydrogen-bond donors (Lipinski definition) is 1. The molecule has 0 spiro atoms. The average Bonchev–Trinajstić information content (AvgIpc) is 3.38. The van der Waals surface area contributed by atoms with Crippen LogP contribution in [0, 0.1) is 0 Å². The molecule has 4 rings (SSSR count). The van der Waals surface area contributed by atoms with Gasteiger partial charge in [-0.15, -0.1) is 0 Å². The van der Waals surface area contributed by atoms with Crippen LogP contribution in [0.2, 0.25) is 0 Å². The van der Waals surface area contributed by atoms with Crippen molar-refractivity contribution in [3.63, 3.8) is 0 Å². The van der Waals surface area contributed by atoms with Gasteiger partial charge in [-0.2, -0.15) is 0 Å². The van der Waals surface area contributed by atoms with E-state index >= 15 is 0 Å². The van der Waals surface area contributed by atoms with Crippen LogP contribution in [0.5, 0.6) is 0 Å². The Balaban J connectivity index is 1.65. The number of rotatable bonds is 2. The minimum absolute atomic E-state index is 0.0814. The molecular weight excluding hydrogens is 272 g/mol. The molecule has 1 atom stereocenters. The van der Waals surface area contributed by atoms with Gasteiger partial charge in [-0.25, -0.2) is 4.79 Å². The lowest BCUT2D eigenvalue weighted by Crippen LogP contribution is -2.45. The van der Waals surface area contributed by atoms with Crippen molar-refractivity contribution in [2.45, 2.75) is 31.3 Å². The Labute approximate surface area is 131 Å². The van der Waals surface area contributed by atoms with Gasteiger partial charge in [0.25, 0.3) is 0 Å². The highest BCUT2D eigenvalue weighted by molar-refractivity contribution is 5.75. The second kappa shape index (κ2) is 5.48. The molecular formula is C19H20N2O. The summed E-state index contributed by atoms with van der Waals surface area (Å²) in [5.41, 5.74) is 3.89. The molecule has 2 aliphatic rings. The van der Waals surface area contributed by atoms with Gasteiger partial charge in [0.1, 0.15) is 0 Å². The van der Waals surface area contributed by atoms with Gasteiger partial charge in [-0.05, 0) is 29.5 Å². The highest BCUT2D eigenvalue weighted by atomic mass is 16.2. The first-order valence-electron chi connectivity index (χ1n) is 7.99. The topological polar surface area (TPSA) is 32.3 Å². The maximum Gasteiger partial charge on any atom is 0.317 e. The summed E-state index contributed by atoms with van der Waals surface area (Å²) in [5.74, 6) is 0.260. The first-order valence-corrected chi connectivity index (χ1v) is 7.99. The number of carbonyl (C=O) groups excluding carboxylic acids is 1. The van der Waals surface area contributed by atoms with Gasteiger partial charge in [-0.3, -0.25) is 0 Å². The highest BCUT2D eigenvalue weighted by Gasteiger charge is 2.31. The number of fused-ring (bicyclic) bond motifs is 1. The van der Waals surface area contributed by atoms with Gasteiger partial charge in [0.15, 0.2) is 0 Å². The fourth-order valence-electron chi connectivity index (χ4n) is 3.23. The molecule has 3 heteroatoms. The second-order valence-corrected chi connectivity index (χ2v) is 6.27. The normalized spacial score (nSPS) is 20.4. The molecule has 112 valence electrons. The van der Waals surface area contributed by atoms with Crippen LogP contribution in [0.1, 0.15) is 35.4 Å². The predicted molar refractivity (Wildman–Crippen MR) is 86.7 cm³/mol. The van der Waals surface area contributed by atoms with Gasteiger partial charge in [0, 0.05) is 25.0 Å². The zero-order chi connectivity index (χ0) is 14.9. The van der Waals surface area contributed by atoms with E-state index in [4.69, 9.17) is 0 Å². The van der Waals surface area contributed by atoms with E-state index in [9.17, 15) is 4.79 Å². The largest absolute Gasteiger partial charge is 0.335 e. The Bertz CT molecular complexity index is 679.